The third-order valence-electron chi connectivity index (χ3n) is 2.01. The number of carboxylic acids is 1. The van der Waals surface area contributed by atoms with Gasteiger partial charge in [-0.2, -0.15) is 0 Å². The minimum atomic E-state index is -2.99. The molecule has 2 N–H and O–H groups in total. The lowest BCUT2D eigenvalue weighted by atomic mass is 10.3. The Morgan fingerprint density at radius 1 is 1.57 bits per heavy atom. The average Bonchev–Trinajstić information content (AvgIpc) is 2.39. The van der Waals surface area contributed by atoms with E-state index in [1.54, 1.807) is 6.08 Å². The Bertz CT molecular complexity index is 333. The predicted molar refractivity (Wildman–Crippen MR) is 47.7 cm³/mol. The van der Waals surface area contributed by atoms with Gasteiger partial charge in [0.05, 0.1) is 6.54 Å². The topological polar surface area (TPSA) is 90.9 Å². The number of nitrogens with two attached hydrogens (primary N) is 1. The zero-order valence-corrected chi connectivity index (χ0v) is 8.50. The molecule has 0 saturated carbocycles. The highest BCUT2D eigenvalue weighted by Crippen LogP contribution is 2.04. The van der Waals surface area contributed by atoms with Crippen molar-refractivity contribution in [2.75, 3.05) is 12.3 Å². The minimum absolute atomic E-state index is 0.0275. The highest BCUT2D eigenvalue weighted by Gasteiger charge is 2.23. The van der Waals surface area contributed by atoms with E-state index in [9.17, 15) is 18.3 Å². The molecular weight excluding hydrogens is 206 g/mol. The van der Waals surface area contributed by atoms with Crippen LogP contribution < -0.4 is 10.4 Å². The first kappa shape index (κ1) is 11.2. The Balaban J connectivity index is 2.16. The zero-order chi connectivity index (χ0) is 10.6. The highest BCUT2D eigenvalue weighted by atomic mass is 32.2. The smallest absolute Gasteiger partial charge is 0.177 e. The van der Waals surface area contributed by atoms with Crippen molar-refractivity contribution >= 4 is 15.8 Å². The Labute approximate surface area is 82.7 Å². The Morgan fingerprint density at radius 2 is 2.29 bits per heavy atom. The molecule has 0 amide bonds. The van der Waals surface area contributed by atoms with Crippen LogP contribution in [-0.4, -0.2) is 32.7 Å². The monoisotopic (exact) mass is 219 g/mol. The van der Waals surface area contributed by atoms with Crippen molar-refractivity contribution in [2.45, 2.75) is 18.9 Å². The number of quaternary nitrogens is 1. The summed E-state index contributed by atoms with van der Waals surface area (Å²) in [6, 6.07) is -0.0539. The van der Waals surface area contributed by atoms with Crippen LogP contribution in [-0.2, 0) is 14.6 Å². The van der Waals surface area contributed by atoms with Gasteiger partial charge in [0, 0.05) is 17.8 Å². The van der Waals surface area contributed by atoms with Gasteiger partial charge in [0.25, 0.3) is 0 Å². The van der Waals surface area contributed by atoms with Crippen molar-refractivity contribution in [2.24, 2.45) is 0 Å². The number of carboxylic acid groups (broad SMARTS) is 1. The molecule has 80 valence electrons. The summed E-state index contributed by atoms with van der Waals surface area (Å²) in [7, 11) is -2.99. The molecular formula is C8H13NO4S. The van der Waals surface area contributed by atoms with Gasteiger partial charge in [0.1, 0.15) is 11.8 Å². The second-order valence-electron chi connectivity index (χ2n) is 3.32. The largest absolute Gasteiger partial charge is 0.550 e. The summed E-state index contributed by atoms with van der Waals surface area (Å²) >= 11 is 0. The van der Waals surface area contributed by atoms with Crippen molar-refractivity contribution < 1.29 is 23.6 Å². The molecule has 1 atom stereocenters. The molecule has 14 heavy (non-hydrogen) atoms. The first-order chi connectivity index (χ1) is 6.49. The van der Waals surface area contributed by atoms with E-state index in [4.69, 9.17) is 0 Å². The molecule has 1 aliphatic rings. The SMILES string of the molecule is O=C([O-])CCC[NH2+][C@@H]1C=CS(=O)(=O)C1. The van der Waals surface area contributed by atoms with Crippen LogP contribution in [0.4, 0.5) is 0 Å². The van der Waals surface area contributed by atoms with Gasteiger partial charge in [-0.3, -0.25) is 0 Å². The molecule has 0 aromatic heterocycles. The van der Waals surface area contributed by atoms with Crippen LogP contribution in [0.1, 0.15) is 12.8 Å². The van der Waals surface area contributed by atoms with Crippen molar-refractivity contribution in [3.05, 3.63) is 11.5 Å². The molecule has 1 heterocycles. The zero-order valence-electron chi connectivity index (χ0n) is 7.68. The fraction of sp³-hybridized carbons (Fsp3) is 0.625. The summed E-state index contributed by atoms with van der Waals surface area (Å²) < 4.78 is 21.9. The van der Waals surface area contributed by atoms with Crippen LogP contribution in [0.15, 0.2) is 11.5 Å². The molecule has 1 aliphatic heterocycles. The van der Waals surface area contributed by atoms with Gasteiger partial charge in [0.2, 0.25) is 0 Å². The minimum Gasteiger partial charge on any atom is -0.550 e. The molecule has 0 radical (unpaired) electrons. The third kappa shape index (κ3) is 3.89. The fourth-order valence-corrected chi connectivity index (χ4v) is 2.66. The normalized spacial score (nSPS) is 23.9. The maximum absolute atomic E-state index is 11.0. The molecule has 1 rings (SSSR count). The number of hydrogen-bond donors (Lipinski definition) is 1. The highest BCUT2D eigenvalue weighted by molar-refractivity contribution is 7.94. The molecule has 6 heteroatoms. The van der Waals surface area contributed by atoms with Gasteiger partial charge < -0.3 is 15.2 Å². The molecule has 0 aliphatic carbocycles. The molecule has 0 bridgehead atoms. The summed E-state index contributed by atoms with van der Waals surface area (Å²) in [5, 5.41) is 13.1. The number of aliphatic carboxylic acids is 1. The second-order valence-corrected chi connectivity index (χ2v) is 5.25. The first-order valence-electron chi connectivity index (χ1n) is 4.44. The summed E-state index contributed by atoms with van der Waals surface area (Å²) in [6.07, 6.45) is 2.17. The molecule has 0 unspecified atom stereocenters. The lowest BCUT2D eigenvalue weighted by Crippen LogP contribution is -2.90. The quantitative estimate of drug-likeness (QED) is 0.513. The van der Waals surface area contributed by atoms with Crippen LogP contribution >= 0.6 is 0 Å². The molecule has 0 fully saturated rings. The van der Waals surface area contributed by atoms with Crippen LogP contribution in [0, 0.1) is 0 Å². The Hall–Kier alpha value is -0.880. The van der Waals surface area contributed by atoms with Gasteiger partial charge in [-0.05, 0) is 12.5 Å². The summed E-state index contributed by atoms with van der Waals surface area (Å²) in [5.74, 6) is -0.939. The van der Waals surface area contributed by atoms with Gasteiger partial charge in [0.15, 0.2) is 9.84 Å². The van der Waals surface area contributed by atoms with Crippen LogP contribution in [0.25, 0.3) is 0 Å². The van der Waals surface area contributed by atoms with Gasteiger partial charge in [-0.1, -0.05) is 0 Å². The van der Waals surface area contributed by atoms with E-state index in [0.29, 0.717) is 13.0 Å². The van der Waals surface area contributed by atoms with Crippen molar-refractivity contribution in [3.63, 3.8) is 0 Å². The van der Waals surface area contributed by atoms with E-state index in [-0.39, 0.29) is 18.2 Å². The lowest BCUT2D eigenvalue weighted by molar-refractivity contribution is -0.674. The van der Waals surface area contributed by atoms with Crippen LogP contribution in [0.3, 0.4) is 0 Å². The number of sulfone groups is 1. The number of carbonyl (C=O) groups is 1. The van der Waals surface area contributed by atoms with Gasteiger partial charge >= 0.3 is 0 Å². The van der Waals surface area contributed by atoms with E-state index >= 15 is 0 Å². The van der Waals surface area contributed by atoms with E-state index < -0.39 is 15.8 Å². The Morgan fingerprint density at radius 3 is 2.79 bits per heavy atom. The molecule has 0 saturated heterocycles. The molecule has 5 nitrogen and oxygen atoms in total. The number of rotatable bonds is 5. The summed E-state index contributed by atoms with van der Waals surface area (Å²) in [6.45, 7) is 0.610. The fourth-order valence-electron chi connectivity index (χ4n) is 1.32. The van der Waals surface area contributed by atoms with E-state index in [1.165, 1.54) is 5.41 Å². The van der Waals surface area contributed by atoms with E-state index in [2.05, 4.69) is 0 Å². The molecule has 0 aromatic rings. The molecule has 0 aromatic carbocycles. The maximum atomic E-state index is 11.0. The number of carbonyl (C=O) groups excluding carboxylic acids is 1. The van der Waals surface area contributed by atoms with Crippen molar-refractivity contribution in [1.29, 1.82) is 0 Å². The maximum Gasteiger partial charge on any atom is 0.177 e. The standard InChI is InChI=1S/C8H13NO4S/c10-8(11)2-1-4-9-7-3-5-14(12,13)6-7/h3,5,7,9H,1-2,4,6H2,(H,10,11)/t7-/m1/s1. The van der Waals surface area contributed by atoms with E-state index in [0.717, 1.165) is 0 Å². The summed E-state index contributed by atoms with van der Waals surface area (Å²) in [4.78, 5) is 10.1. The third-order valence-corrected chi connectivity index (χ3v) is 3.43. The molecule has 0 spiro atoms. The van der Waals surface area contributed by atoms with Crippen molar-refractivity contribution in [1.82, 2.24) is 0 Å². The van der Waals surface area contributed by atoms with Gasteiger partial charge in [-0.15, -0.1) is 0 Å². The number of hydrogen-bond acceptors (Lipinski definition) is 4. The summed E-state index contributed by atoms with van der Waals surface area (Å²) in [5.41, 5.74) is 0. The van der Waals surface area contributed by atoms with Crippen LogP contribution in [0.2, 0.25) is 0 Å². The predicted octanol–water partition coefficient (Wildman–Crippen LogP) is -2.61. The van der Waals surface area contributed by atoms with Crippen molar-refractivity contribution in [3.8, 4) is 0 Å². The Kier molecular flexibility index (Phi) is 3.65. The first-order valence-corrected chi connectivity index (χ1v) is 6.15. The van der Waals surface area contributed by atoms with Gasteiger partial charge in [-0.25, -0.2) is 8.42 Å². The lowest BCUT2D eigenvalue weighted by Gasteiger charge is -2.06. The van der Waals surface area contributed by atoms with Crippen LogP contribution in [0.5, 0.6) is 0 Å². The van der Waals surface area contributed by atoms with E-state index in [1.807, 2.05) is 5.32 Å². The average molecular weight is 219 g/mol. The second kappa shape index (κ2) is 4.56.